The van der Waals surface area contributed by atoms with Crippen molar-refractivity contribution in [2.24, 2.45) is 0 Å². The fraction of sp³-hybridized carbons (Fsp3) is 1.00. The van der Waals surface area contributed by atoms with Crippen molar-refractivity contribution < 1.29 is 0 Å². The molecule has 0 aromatic carbocycles. The summed E-state index contributed by atoms with van der Waals surface area (Å²) in [6, 6.07) is 1.58. The van der Waals surface area contributed by atoms with E-state index in [1.54, 1.807) is 0 Å². The summed E-state index contributed by atoms with van der Waals surface area (Å²) in [5.74, 6) is 0. The Morgan fingerprint density at radius 2 is 1.88 bits per heavy atom. The van der Waals surface area contributed by atoms with E-state index in [1.165, 1.54) is 39.0 Å². The lowest BCUT2D eigenvalue weighted by Gasteiger charge is -2.39. The van der Waals surface area contributed by atoms with Gasteiger partial charge in [0.05, 0.1) is 0 Å². The van der Waals surface area contributed by atoms with Crippen LogP contribution in [0.15, 0.2) is 0 Å². The third-order valence-corrected chi connectivity index (χ3v) is 5.22. The highest BCUT2D eigenvalue weighted by molar-refractivity contribution is 7.99. The Hall–Kier alpha value is 0.230. The predicted octanol–water partition coefficient (Wildman–Crippen LogP) is 0.716. The van der Waals surface area contributed by atoms with Crippen molar-refractivity contribution in [3.63, 3.8) is 0 Å². The minimum atomic E-state index is 0.776. The average molecular weight is 243 g/mol. The van der Waals surface area contributed by atoms with Gasteiger partial charge in [-0.25, -0.2) is 0 Å². The number of likely N-dealkylation sites (tertiary alicyclic amines) is 1. The molecule has 1 N–H and O–H groups in total. The fourth-order valence-electron chi connectivity index (χ4n) is 2.98. The Bertz CT molecular complexity index is 214. The molecular weight excluding hydrogens is 218 g/mol. The first kappa shape index (κ1) is 12.7. The van der Waals surface area contributed by atoms with Crippen LogP contribution in [0.4, 0.5) is 0 Å². The Morgan fingerprint density at radius 1 is 1.19 bits per heavy atom. The Morgan fingerprint density at radius 3 is 2.44 bits per heavy atom. The van der Waals surface area contributed by atoms with Crippen molar-refractivity contribution >= 4 is 11.8 Å². The molecule has 0 amide bonds. The summed E-state index contributed by atoms with van der Waals surface area (Å²) in [6.45, 7) is 4.95. The molecule has 0 spiro atoms. The predicted molar refractivity (Wildman–Crippen MR) is 72.2 cm³/mol. The monoisotopic (exact) mass is 243 g/mol. The molecule has 2 saturated heterocycles. The molecule has 0 bridgehead atoms. The second-order valence-electron chi connectivity index (χ2n) is 5.23. The molecule has 16 heavy (non-hydrogen) atoms. The van der Waals surface area contributed by atoms with Crippen LogP contribution in [0.25, 0.3) is 0 Å². The summed E-state index contributed by atoms with van der Waals surface area (Å²) < 4.78 is 0. The Balaban J connectivity index is 1.84. The summed E-state index contributed by atoms with van der Waals surface area (Å²) in [5.41, 5.74) is 0. The molecule has 3 nitrogen and oxygen atoms in total. The molecule has 2 atom stereocenters. The molecule has 2 fully saturated rings. The van der Waals surface area contributed by atoms with Gasteiger partial charge in [-0.3, -0.25) is 4.90 Å². The van der Waals surface area contributed by atoms with Crippen molar-refractivity contribution in [3.8, 4) is 0 Å². The van der Waals surface area contributed by atoms with Gasteiger partial charge in [0.15, 0.2) is 0 Å². The lowest BCUT2D eigenvalue weighted by atomic mass is 10.0. The smallest absolute Gasteiger partial charge is 0.0351 e. The quantitative estimate of drug-likeness (QED) is 0.787. The van der Waals surface area contributed by atoms with Gasteiger partial charge in [0, 0.05) is 43.5 Å². The average Bonchev–Trinajstić information content (AvgIpc) is 2.77. The molecule has 0 saturated carbocycles. The molecule has 2 aliphatic heterocycles. The van der Waals surface area contributed by atoms with E-state index in [0.717, 1.165) is 17.3 Å². The number of rotatable bonds is 3. The lowest BCUT2D eigenvalue weighted by Crippen LogP contribution is -2.49. The van der Waals surface area contributed by atoms with E-state index in [0.29, 0.717) is 0 Å². The van der Waals surface area contributed by atoms with E-state index >= 15 is 0 Å². The van der Waals surface area contributed by atoms with Crippen LogP contribution in [0, 0.1) is 0 Å². The molecule has 4 heteroatoms. The summed E-state index contributed by atoms with van der Waals surface area (Å²) >= 11 is 2.03. The zero-order valence-corrected chi connectivity index (χ0v) is 11.6. The van der Waals surface area contributed by atoms with Gasteiger partial charge in [-0.1, -0.05) is 0 Å². The van der Waals surface area contributed by atoms with Gasteiger partial charge in [0.25, 0.3) is 0 Å². The number of hydrogen-bond donors (Lipinski definition) is 1. The number of piperidine rings is 1. The van der Waals surface area contributed by atoms with Gasteiger partial charge in [-0.2, -0.15) is 11.8 Å². The van der Waals surface area contributed by atoms with Gasteiger partial charge in [-0.15, -0.1) is 0 Å². The fourth-order valence-corrected chi connectivity index (χ4v) is 3.85. The first-order valence-electron chi connectivity index (χ1n) is 6.36. The zero-order chi connectivity index (χ0) is 11.5. The Labute approximate surface area is 104 Å². The van der Waals surface area contributed by atoms with Crippen LogP contribution in [0.1, 0.15) is 12.8 Å². The van der Waals surface area contributed by atoms with Crippen LogP contribution >= 0.6 is 11.8 Å². The van der Waals surface area contributed by atoms with Crippen LogP contribution in [-0.2, 0) is 0 Å². The molecule has 0 aromatic rings. The van der Waals surface area contributed by atoms with E-state index in [2.05, 4.69) is 35.5 Å². The molecule has 0 aliphatic carbocycles. The molecule has 2 heterocycles. The molecule has 0 aromatic heterocycles. The topological polar surface area (TPSA) is 18.5 Å². The lowest BCUT2D eigenvalue weighted by molar-refractivity contribution is 0.116. The SMILES string of the molecule is CSC1CNCC1N1CCC(N(C)C)CC1. The highest BCUT2D eigenvalue weighted by Gasteiger charge is 2.33. The minimum Gasteiger partial charge on any atom is -0.314 e. The van der Waals surface area contributed by atoms with E-state index in [-0.39, 0.29) is 0 Å². The summed E-state index contributed by atoms with van der Waals surface area (Å²) in [4.78, 5) is 5.09. The number of hydrogen-bond acceptors (Lipinski definition) is 4. The second kappa shape index (κ2) is 5.71. The van der Waals surface area contributed by atoms with Crippen LogP contribution in [0.5, 0.6) is 0 Å². The van der Waals surface area contributed by atoms with Gasteiger partial charge >= 0.3 is 0 Å². The molecule has 2 aliphatic rings. The summed E-state index contributed by atoms with van der Waals surface area (Å²) in [5, 5.41) is 4.33. The highest BCUT2D eigenvalue weighted by atomic mass is 32.2. The minimum absolute atomic E-state index is 0.776. The molecule has 94 valence electrons. The molecular formula is C12H25N3S. The van der Waals surface area contributed by atoms with Gasteiger partial charge in [-0.05, 0) is 33.2 Å². The largest absolute Gasteiger partial charge is 0.314 e. The number of nitrogens with one attached hydrogen (secondary N) is 1. The van der Waals surface area contributed by atoms with E-state index < -0.39 is 0 Å². The number of thioether (sulfide) groups is 1. The van der Waals surface area contributed by atoms with Crippen LogP contribution < -0.4 is 5.32 Å². The van der Waals surface area contributed by atoms with Crippen molar-refractivity contribution in [3.05, 3.63) is 0 Å². The van der Waals surface area contributed by atoms with Gasteiger partial charge < -0.3 is 10.2 Å². The second-order valence-corrected chi connectivity index (χ2v) is 6.31. The third kappa shape index (κ3) is 2.73. The standard InChI is InChI=1S/C12H25N3S/c1-14(2)10-4-6-15(7-5-10)11-8-13-9-12(11)16-3/h10-13H,4-9H2,1-3H3. The van der Waals surface area contributed by atoms with Crippen LogP contribution in [0.2, 0.25) is 0 Å². The van der Waals surface area contributed by atoms with Gasteiger partial charge in [0.1, 0.15) is 0 Å². The zero-order valence-electron chi connectivity index (χ0n) is 10.8. The maximum Gasteiger partial charge on any atom is 0.0351 e. The molecule has 2 rings (SSSR count). The van der Waals surface area contributed by atoms with Crippen molar-refractivity contribution in [1.29, 1.82) is 0 Å². The van der Waals surface area contributed by atoms with Crippen LogP contribution in [0.3, 0.4) is 0 Å². The molecule has 2 unspecified atom stereocenters. The van der Waals surface area contributed by atoms with Crippen molar-refractivity contribution in [2.45, 2.75) is 30.2 Å². The summed E-state index contributed by atoms with van der Waals surface area (Å²) in [6.07, 6.45) is 4.92. The Kier molecular flexibility index (Phi) is 4.53. The van der Waals surface area contributed by atoms with Crippen molar-refractivity contribution in [1.82, 2.24) is 15.1 Å². The first-order valence-corrected chi connectivity index (χ1v) is 7.65. The highest BCUT2D eigenvalue weighted by Crippen LogP contribution is 2.24. The maximum atomic E-state index is 3.53. The first-order chi connectivity index (χ1) is 7.72. The van der Waals surface area contributed by atoms with Gasteiger partial charge in [0.2, 0.25) is 0 Å². The number of nitrogens with zero attached hydrogens (tertiary/aromatic N) is 2. The van der Waals surface area contributed by atoms with Crippen molar-refractivity contribution in [2.75, 3.05) is 46.5 Å². The third-order valence-electron chi connectivity index (χ3n) is 4.13. The van der Waals surface area contributed by atoms with E-state index in [1.807, 2.05) is 11.8 Å². The normalized spacial score (nSPS) is 33.8. The summed E-state index contributed by atoms with van der Waals surface area (Å²) in [7, 11) is 4.42. The van der Waals surface area contributed by atoms with E-state index in [9.17, 15) is 0 Å². The maximum absolute atomic E-state index is 3.53. The van der Waals surface area contributed by atoms with E-state index in [4.69, 9.17) is 0 Å². The van der Waals surface area contributed by atoms with Crippen LogP contribution in [-0.4, -0.2) is 73.7 Å². The molecule has 0 radical (unpaired) electrons.